The molecule has 0 bridgehead atoms. The molecule has 0 atom stereocenters. The van der Waals surface area contributed by atoms with Crippen molar-refractivity contribution in [3.63, 3.8) is 0 Å². The van der Waals surface area contributed by atoms with Crippen LogP contribution in [0.15, 0.2) is 65.7 Å². The predicted octanol–water partition coefficient (Wildman–Crippen LogP) is 3.58. The van der Waals surface area contributed by atoms with Crippen LogP contribution in [0.5, 0.6) is 0 Å². The fourth-order valence-corrected chi connectivity index (χ4v) is 2.69. The molecular weight excluding hydrogens is 380 g/mol. The second kappa shape index (κ2) is 9.42. The summed E-state index contributed by atoms with van der Waals surface area (Å²) >= 11 is 0. The molecule has 1 heterocycles. The normalized spacial score (nSPS) is 11.0. The number of carbonyl (C=O) groups is 2. The van der Waals surface area contributed by atoms with Crippen LogP contribution in [-0.4, -0.2) is 27.7 Å². The lowest BCUT2D eigenvalue weighted by Gasteiger charge is -2.12. The molecule has 8 heteroatoms. The summed E-state index contributed by atoms with van der Waals surface area (Å²) in [5.41, 5.74) is 3.37. The topological polar surface area (TPSA) is 108 Å². The smallest absolute Gasteiger partial charge is 0.257 e. The van der Waals surface area contributed by atoms with Gasteiger partial charge in [0.25, 0.3) is 11.9 Å². The zero-order valence-electron chi connectivity index (χ0n) is 16.9. The van der Waals surface area contributed by atoms with Crippen LogP contribution in [0.25, 0.3) is 0 Å². The Morgan fingerprint density at radius 3 is 1.97 bits per heavy atom. The van der Waals surface area contributed by atoms with E-state index in [0.29, 0.717) is 16.9 Å². The molecule has 0 aliphatic heterocycles. The average molecular weight is 402 g/mol. The van der Waals surface area contributed by atoms with E-state index in [0.717, 1.165) is 11.4 Å². The summed E-state index contributed by atoms with van der Waals surface area (Å²) in [4.78, 5) is 36.8. The van der Waals surface area contributed by atoms with Gasteiger partial charge in [-0.2, -0.15) is 4.99 Å². The lowest BCUT2D eigenvalue weighted by atomic mass is 10.2. The first-order valence-electron chi connectivity index (χ1n) is 9.31. The minimum absolute atomic E-state index is 0.153. The molecule has 3 aromatic rings. The van der Waals surface area contributed by atoms with E-state index in [1.807, 2.05) is 26.0 Å². The number of nitrogens with zero attached hydrogens (tertiary/aromatic N) is 3. The van der Waals surface area contributed by atoms with Crippen LogP contribution in [0.4, 0.5) is 17.3 Å². The number of rotatable bonds is 4. The summed E-state index contributed by atoms with van der Waals surface area (Å²) in [6.45, 7) is 5.15. The minimum atomic E-state index is -0.318. The number of benzene rings is 2. The first-order chi connectivity index (χ1) is 14.4. The summed E-state index contributed by atoms with van der Waals surface area (Å²) in [6, 6.07) is 17.7. The molecular formula is C22H22N6O2. The molecule has 3 rings (SSSR count). The highest BCUT2D eigenvalue weighted by Gasteiger charge is 2.11. The molecule has 0 saturated heterocycles. The van der Waals surface area contributed by atoms with Gasteiger partial charge in [0.2, 0.25) is 11.9 Å². The highest BCUT2D eigenvalue weighted by atomic mass is 16.2. The van der Waals surface area contributed by atoms with E-state index >= 15 is 0 Å². The molecule has 2 aromatic carbocycles. The molecule has 3 N–H and O–H groups in total. The highest BCUT2D eigenvalue weighted by molar-refractivity contribution is 6.10. The van der Waals surface area contributed by atoms with Gasteiger partial charge in [0.1, 0.15) is 0 Å². The Kier molecular flexibility index (Phi) is 6.49. The average Bonchev–Trinajstić information content (AvgIpc) is 2.69. The van der Waals surface area contributed by atoms with E-state index in [1.165, 1.54) is 6.92 Å². The van der Waals surface area contributed by atoms with Crippen molar-refractivity contribution in [3.05, 3.63) is 77.6 Å². The van der Waals surface area contributed by atoms with E-state index in [9.17, 15) is 9.59 Å². The van der Waals surface area contributed by atoms with Crippen LogP contribution in [0.2, 0.25) is 0 Å². The predicted molar refractivity (Wildman–Crippen MR) is 117 cm³/mol. The summed E-state index contributed by atoms with van der Waals surface area (Å²) < 4.78 is 0. The Labute approximate surface area is 174 Å². The molecule has 8 nitrogen and oxygen atoms in total. The molecule has 0 radical (unpaired) electrons. The minimum Gasteiger partial charge on any atom is -0.326 e. The van der Waals surface area contributed by atoms with E-state index < -0.39 is 0 Å². The van der Waals surface area contributed by atoms with Gasteiger partial charge in [-0.05, 0) is 56.3 Å². The maximum absolute atomic E-state index is 12.6. The van der Waals surface area contributed by atoms with Gasteiger partial charge >= 0.3 is 0 Å². The van der Waals surface area contributed by atoms with Gasteiger partial charge in [0, 0.05) is 35.2 Å². The summed E-state index contributed by atoms with van der Waals surface area (Å²) in [6.07, 6.45) is 0. The van der Waals surface area contributed by atoms with Crippen LogP contribution >= 0.6 is 0 Å². The number of anilines is 2. The number of carbonyl (C=O) groups excluding carboxylic acids is 2. The molecule has 2 amide bonds. The number of hydrogen-bond acceptors (Lipinski definition) is 5. The quantitative estimate of drug-likeness (QED) is 0.457. The molecule has 152 valence electrons. The van der Waals surface area contributed by atoms with Gasteiger partial charge in [-0.25, -0.2) is 9.97 Å². The van der Waals surface area contributed by atoms with E-state index in [1.54, 1.807) is 48.5 Å². The number of hydrogen-bond donors (Lipinski definition) is 3. The molecule has 0 fully saturated rings. The van der Waals surface area contributed by atoms with Crippen molar-refractivity contribution < 1.29 is 9.59 Å². The lowest BCUT2D eigenvalue weighted by molar-refractivity contribution is -0.114. The zero-order valence-corrected chi connectivity index (χ0v) is 16.9. The molecule has 0 spiro atoms. The summed E-state index contributed by atoms with van der Waals surface area (Å²) in [5.74, 6) is -0.0551. The third kappa shape index (κ3) is 5.96. The van der Waals surface area contributed by atoms with Crippen molar-refractivity contribution in [1.29, 1.82) is 0 Å². The van der Waals surface area contributed by atoms with Gasteiger partial charge in [0.05, 0.1) is 0 Å². The molecule has 1 aromatic heterocycles. The third-order valence-electron chi connectivity index (χ3n) is 3.92. The summed E-state index contributed by atoms with van der Waals surface area (Å²) in [7, 11) is 0. The SMILES string of the molecule is CC(=O)Nc1ccc(N/C(=N\c2nc(C)cc(C)n2)NC(=O)c2ccccc2)cc1. The maximum atomic E-state index is 12.6. The van der Waals surface area contributed by atoms with Crippen molar-refractivity contribution in [2.75, 3.05) is 10.6 Å². The fourth-order valence-electron chi connectivity index (χ4n) is 2.69. The maximum Gasteiger partial charge on any atom is 0.257 e. The van der Waals surface area contributed by atoms with E-state index in [-0.39, 0.29) is 23.7 Å². The van der Waals surface area contributed by atoms with Crippen LogP contribution < -0.4 is 16.0 Å². The van der Waals surface area contributed by atoms with Crippen molar-refractivity contribution in [1.82, 2.24) is 15.3 Å². The van der Waals surface area contributed by atoms with E-state index in [2.05, 4.69) is 30.9 Å². The molecule has 0 aliphatic rings. The van der Waals surface area contributed by atoms with Crippen molar-refractivity contribution in [2.24, 2.45) is 4.99 Å². The first-order valence-corrected chi connectivity index (χ1v) is 9.31. The fraction of sp³-hybridized carbons (Fsp3) is 0.136. The monoisotopic (exact) mass is 402 g/mol. The Morgan fingerprint density at radius 2 is 1.40 bits per heavy atom. The Balaban J connectivity index is 1.87. The van der Waals surface area contributed by atoms with Crippen molar-refractivity contribution >= 4 is 35.1 Å². The largest absolute Gasteiger partial charge is 0.326 e. The number of nitrogens with one attached hydrogen (secondary N) is 3. The highest BCUT2D eigenvalue weighted by Crippen LogP contribution is 2.14. The molecule has 0 aliphatic carbocycles. The van der Waals surface area contributed by atoms with Crippen molar-refractivity contribution in [3.8, 4) is 0 Å². The van der Waals surface area contributed by atoms with Crippen LogP contribution in [0.1, 0.15) is 28.7 Å². The Hall–Kier alpha value is -4.07. The van der Waals surface area contributed by atoms with Gasteiger partial charge in [-0.15, -0.1) is 0 Å². The summed E-state index contributed by atoms with van der Waals surface area (Å²) in [5, 5.41) is 8.54. The van der Waals surface area contributed by atoms with Gasteiger partial charge in [-0.1, -0.05) is 18.2 Å². The van der Waals surface area contributed by atoms with E-state index in [4.69, 9.17) is 0 Å². The van der Waals surface area contributed by atoms with Crippen LogP contribution in [-0.2, 0) is 4.79 Å². The first kappa shape index (κ1) is 20.7. The van der Waals surface area contributed by atoms with Gasteiger partial charge < -0.3 is 10.6 Å². The van der Waals surface area contributed by atoms with Crippen LogP contribution in [0.3, 0.4) is 0 Å². The Morgan fingerprint density at radius 1 is 0.833 bits per heavy atom. The van der Waals surface area contributed by atoms with Crippen molar-refractivity contribution in [2.45, 2.75) is 20.8 Å². The number of guanidine groups is 1. The zero-order chi connectivity index (χ0) is 21.5. The standard InChI is InChI=1S/C22H22N6O2/c1-14-13-15(2)24-21(23-14)28-22(27-20(30)17-7-5-4-6-8-17)26-19-11-9-18(10-12-19)25-16(3)29/h4-13H,1-3H3,(H,25,29)(H2,23,24,26,27,28,30). The number of aromatic nitrogens is 2. The molecule has 0 saturated carbocycles. The third-order valence-corrected chi connectivity index (χ3v) is 3.92. The van der Waals surface area contributed by atoms with Crippen LogP contribution in [0, 0.1) is 13.8 Å². The second-order valence-electron chi connectivity index (χ2n) is 6.61. The Bertz CT molecular complexity index is 1060. The molecule has 0 unspecified atom stereocenters. The van der Waals surface area contributed by atoms with Gasteiger partial charge in [-0.3, -0.25) is 14.9 Å². The lowest BCUT2D eigenvalue weighted by Crippen LogP contribution is -2.35. The number of aryl methyl sites for hydroxylation is 2. The number of amides is 2. The van der Waals surface area contributed by atoms with Gasteiger partial charge in [0.15, 0.2) is 0 Å². The number of aliphatic imine (C=N–C) groups is 1. The second-order valence-corrected chi connectivity index (χ2v) is 6.61. The molecule has 30 heavy (non-hydrogen) atoms.